The third-order valence-electron chi connectivity index (χ3n) is 14.5. The molecule has 0 bridgehead atoms. The molecule has 390 valence electrons. The Balaban J connectivity index is 0.758. The molecule has 6 heterocycles. The number of amides is 5. The zero-order chi connectivity index (χ0) is 51.9. The topological polar surface area (TPSA) is 235 Å². The number of aliphatic hydroxyl groups excluding tert-OH is 1. The molecule has 3 aromatic heterocycles. The van der Waals surface area contributed by atoms with Crippen molar-refractivity contribution >= 4 is 69.3 Å². The maximum Gasteiger partial charge on any atom is 0.246 e. The predicted octanol–water partition coefficient (Wildman–Crippen LogP) is 5.10. The first-order chi connectivity index (χ1) is 35.0. The fourth-order valence-electron chi connectivity index (χ4n) is 10.0. The van der Waals surface area contributed by atoms with Crippen molar-refractivity contribution in [2.24, 2.45) is 11.1 Å². The summed E-state index contributed by atoms with van der Waals surface area (Å²) in [5, 5.41) is 21.3. The van der Waals surface area contributed by atoms with Crippen LogP contribution in [0.3, 0.4) is 0 Å². The summed E-state index contributed by atoms with van der Waals surface area (Å²) in [6, 6.07) is 15.2. The van der Waals surface area contributed by atoms with Gasteiger partial charge in [0.2, 0.25) is 29.5 Å². The number of nitrogens with zero attached hydrogens (tertiary/aromatic N) is 7. The SMILES string of the molecule is Cc1ncsc1-c1ccc(CNC(=O)[C@@H]2C[C@@H](O)CN2C(=O)C(NC(=O)CCCCC(=O)N2CCN(CCC(NC(=O)C3(N)CCN(c4ncnc5[nH]ccc45)CC3)c3ccc(Cl)cc3)CC2)C(C)(C)C)cc1. The molecule has 2 aromatic carbocycles. The number of piperidine rings is 1. The molecule has 7 N–H and O–H groups in total. The van der Waals surface area contributed by atoms with Crippen LogP contribution < -0.4 is 26.6 Å². The third-order valence-corrected chi connectivity index (χ3v) is 15.8. The fourth-order valence-corrected chi connectivity index (χ4v) is 11.0. The highest BCUT2D eigenvalue weighted by Crippen LogP contribution is 2.31. The monoisotopic (exact) mass is 1040 g/mol. The first-order valence-electron chi connectivity index (χ1n) is 25.4. The van der Waals surface area contributed by atoms with Crippen molar-refractivity contribution < 1.29 is 29.1 Å². The van der Waals surface area contributed by atoms with E-state index in [1.165, 1.54) is 4.90 Å². The Morgan fingerprint density at radius 2 is 1.63 bits per heavy atom. The molecule has 4 atom stereocenters. The van der Waals surface area contributed by atoms with E-state index in [1.807, 2.05) is 98.9 Å². The van der Waals surface area contributed by atoms with Gasteiger partial charge in [0.05, 0.1) is 39.2 Å². The maximum absolute atomic E-state index is 14.1. The van der Waals surface area contributed by atoms with Crippen LogP contribution in [0.25, 0.3) is 21.5 Å². The van der Waals surface area contributed by atoms with Crippen LogP contribution in [0.2, 0.25) is 5.02 Å². The van der Waals surface area contributed by atoms with E-state index in [0.29, 0.717) is 89.4 Å². The number of halogens is 1. The summed E-state index contributed by atoms with van der Waals surface area (Å²) in [7, 11) is 0. The van der Waals surface area contributed by atoms with Gasteiger partial charge in [-0.2, -0.15) is 0 Å². The Bertz CT molecular complexity index is 2710. The normalized spacial score (nSPS) is 19.1. The first kappa shape index (κ1) is 53.3. The van der Waals surface area contributed by atoms with Gasteiger partial charge in [-0.15, -0.1) is 11.3 Å². The van der Waals surface area contributed by atoms with Crippen molar-refractivity contribution in [3.05, 3.63) is 94.5 Å². The lowest BCUT2D eigenvalue weighted by Gasteiger charge is -2.39. The lowest BCUT2D eigenvalue weighted by atomic mass is 9.85. The minimum absolute atomic E-state index is 0.0129. The quantitative estimate of drug-likeness (QED) is 0.0630. The van der Waals surface area contributed by atoms with Gasteiger partial charge < -0.3 is 46.5 Å². The second-order valence-electron chi connectivity index (χ2n) is 20.8. The Morgan fingerprint density at radius 1 is 0.918 bits per heavy atom. The van der Waals surface area contributed by atoms with Crippen molar-refractivity contribution in [3.8, 4) is 10.4 Å². The van der Waals surface area contributed by atoms with Gasteiger partial charge in [0.25, 0.3) is 0 Å². The van der Waals surface area contributed by atoms with Crippen LogP contribution in [0.1, 0.15) is 95.0 Å². The highest BCUT2D eigenvalue weighted by Gasteiger charge is 2.45. The van der Waals surface area contributed by atoms with Gasteiger partial charge in [0.15, 0.2) is 0 Å². The summed E-state index contributed by atoms with van der Waals surface area (Å²) in [5.74, 6) is -0.431. The van der Waals surface area contributed by atoms with Crippen molar-refractivity contribution in [1.82, 2.24) is 50.6 Å². The molecule has 2 unspecified atom stereocenters. The number of hydrogen-bond acceptors (Lipinski definition) is 13. The summed E-state index contributed by atoms with van der Waals surface area (Å²) in [5.41, 5.74) is 11.5. The standard InChI is InChI=1S/C53H69ClN12O6S/c1-34-45(73-33-60-34)37-11-9-35(10-12-37)30-57-49(70)42-29-39(67)31-66(42)50(71)46(52(2,3)4)62-43(68)7-5-6-8-44(69)64-27-25-63(26-28-64)22-18-41(36-13-15-38(54)16-14-36)61-51(72)53(55)19-23-65(24-20-53)48-40-17-21-56-47(40)58-32-59-48/h9-17,21,32-33,39,41-42,46,67H,5-8,18-20,22-31,55H2,1-4H3,(H,57,70)(H,61,72)(H,62,68)(H,56,58,59)/t39-,41?,42+,46?/m1/s1. The van der Waals surface area contributed by atoms with Crippen LogP contribution in [0.15, 0.2) is 72.6 Å². The molecule has 20 heteroatoms. The second kappa shape index (κ2) is 23.5. The predicted molar refractivity (Wildman–Crippen MR) is 282 cm³/mol. The number of likely N-dealkylation sites (tertiary alicyclic amines) is 1. The number of nitrogens with two attached hydrogens (primary N) is 1. The molecule has 73 heavy (non-hydrogen) atoms. The summed E-state index contributed by atoms with van der Waals surface area (Å²) in [6.45, 7) is 12.1. The van der Waals surface area contributed by atoms with Gasteiger partial charge in [-0.05, 0) is 79.3 Å². The van der Waals surface area contributed by atoms with E-state index in [0.717, 1.165) is 44.1 Å². The number of rotatable bonds is 18. The molecule has 3 aliphatic rings. The van der Waals surface area contributed by atoms with Crippen LogP contribution in [0.5, 0.6) is 0 Å². The van der Waals surface area contributed by atoms with Crippen LogP contribution in [0.4, 0.5) is 5.82 Å². The number of aromatic nitrogens is 4. The van der Waals surface area contributed by atoms with E-state index >= 15 is 0 Å². The number of aromatic amines is 1. The Hall–Kier alpha value is -5.99. The number of β-amino-alcohol motifs (C(OH)–C–C–N with tert-alkyl or cyclic N) is 1. The maximum atomic E-state index is 14.1. The van der Waals surface area contributed by atoms with Gasteiger partial charge in [-0.25, -0.2) is 15.0 Å². The largest absolute Gasteiger partial charge is 0.391 e. The number of aryl methyl sites for hydroxylation is 1. The van der Waals surface area contributed by atoms with E-state index in [-0.39, 0.29) is 55.6 Å². The summed E-state index contributed by atoms with van der Waals surface area (Å²) >= 11 is 7.82. The van der Waals surface area contributed by atoms with Gasteiger partial charge >= 0.3 is 0 Å². The number of H-pyrrole nitrogens is 1. The number of carbonyl (C=O) groups excluding carboxylic acids is 5. The molecule has 8 rings (SSSR count). The molecule has 0 spiro atoms. The van der Waals surface area contributed by atoms with Gasteiger partial charge in [0.1, 0.15) is 29.9 Å². The second-order valence-corrected chi connectivity index (χ2v) is 22.1. The number of unbranched alkanes of at least 4 members (excludes halogenated alkanes) is 1. The Kier molecular flexibility index (Phi) is 17.1. The number of fused-ring (bicyclic) bond motifs is 1. The van der Waals surface area contributed by atoms with Crippen LogP contribution in [0, 0.1) is 12.3 Å². The average molecular weight is 1040 g/mol. The number of hydrogen-bond donors (Lipinski definition) is 6. The molecular weight excluding hydrogens is 968 g/mol. The molecule has 18 nitrogen and oxygen atoms in total. The van der Waals surface area contributed by atoms with Crippen LogP contribution in [-0.4, -0.2) is 145 Å². The number of aliphatic hydroxyl groups is 1. The molecule has 0 saturated carbocycles. The van der Waals surface area contributed by atoms with E-state index in [1.54, 1.807) is 17.7 Å². The zero-order valence-corrected chi connectivity index (χ0v) is 43.8. The van der Waals surface area contributed by atoms with Gasteiger partial charge in [0, 0.05) is 89.4 Å². The van der Waals surface area contributed by atoms with E-state index in [9.17, 15) is 29.1 Å². The lowest BCUT2D eigenvalue weighted by Crippen LogP contribution is -2.60. The molecule has 5 amide bonds. The summed E-state index contributed by atoms with van der Waals surface area (Å²) < 4.78 is 0. The number of nitrogens with one attached hydrogen (secondary N) is 4. The smallest absolute Gasteiger partial charge is 0.246 e. The molecule has 5 aromatic rings. The molecule has 3 aliphatic heterocycles. The fraction of sp³-hybridized carbons (Fsp3) is 0.509. The summed E-state index contributed by atoms with van der Waals surface area (Å²) in [4.78, 5) is 93.4. The molecular formula is C53H69ClN12O6S. The van der Waals surface area contributed by atoms with Crippen molar-refractivity contribution in [2.45, 2.75) is 115 Å². The van der Waals surface area contributed by atoms with Crippen molar-refractivity contribution in [2.75, 3.05) is 57.3 Å². The third kappa shape index (κ3) is 13.2. The highest BCUT2D eigenvalue weighted by molar-refractivity contribution is 7.13. The molecule has 3 saturated heterocycles. The number of carbonyl (C=O) groups is 5. The zero-order valence-electron chi connectivity index (χ0n) is 42.2. The number of thiazole rings is 1. The van der Waals surface area contributed by atoms with Gasteiger partial charge in [-0.1, -0.05) is 68.8 Å². The van der Waals surface area contributed by atoms with Crippen molar-refractivity contribution in [3.63, 3.8) is 0 Å². The molecule has 3 fully saturated rings. The minimum Gasteiger partial charge on any atom is -0.391 e. The minimum atomic E-state index is -1.04. The first-order valence-corrected chi connectivity index (χ1v) is 26.6. The Labute approximate surface area is 435 Å². The number of benzene rings is 2. The van der Waals surface area contributed by atoms with E-state index in [2.05, 4.69) is 45.7 Å². The number of piperazine rings is 1. The molecule has 0 radical (unpaired) electrons. The summed E-state index contributed by atoms with van der Waals surface area (Å²) in [6.07, 6.45) is 5.57. The van der Waals surface area contributed by atoms with E-state index < -0.39 is 35.0 Å². The Morgan fingerprint density at radius 3 is 2.32 bits per heavy atom. The average Bonchev–Trinajstić information content (AvgIpc) is 4.15. The number of anilines is 1. The van der Waals surface area contributed by atoms with E-state index in [4.69, 9.17) is 17.3 Å². The highest BCUT2D eigenvalue weighted by atomic mass is 35.5. The van der Waals surface area contributed by atoms with Crippen LogP contribution in [-0.2, 0) is 30.5 Å². The van der Waals surface area contributed by atoms with Crippen molar-refractivity contribution in [1.29, 1.82) is 0 Å². The van der Waals surface area contributed by atoms with Crippen LogP contribution >= 0.6 is 22.9 Å². The molecule has 0 aliphatic carbocycles. The van der Waals surface area contributed by atoms with Gasteiger partial charge in [-0.3, -0.25) is 28.9 Å². The lowest BCUT2D eigenvalue weighted by molar-refractivity contribution is -0.144.